The second-order valence-electron chi connectivity index (χ2n) is 6.80. The van der Waals surface area contributed by atoms with Gasteiger partial charge in [-0.05, 0) is 50.1 Å². The third-order valence-corrected chi connectivity index (χ3v) is 4.65. The summed E-state index contributed by atoms with van der Waals surface area (Å²) in [6.45, 7) is 3.42. The Balaban J connectivity index is 1.61. The van der Waals surface area contributed by atoms with Gasteiger partial charge >= 0.3 is 5.91 Å². The Kier molecular flexibility index (Phi) is 5.23. The molecule has 0 bridgehead atoms. The molecule has 0 aliphatic carbocycles. The van der Waals surface area contributed by atoms with Crippen molar-refractivity contribution in [1.29, 1.82) is 0 Å². The van der Waals surface area contributed by atoms with Gasteiger partial charge < -0.3 is 15.1 Å². The molecule has 1 aromatic carbocycles. The predicted molar refractivity (Wildman–Crippen MR) is 103 cm³/mol. The number of hydrogen-bond acceptors (Lipinski definition) is 6. The second-order valence-corrected chi connectivity index (χ2v) is 6.80. The van der Waals surface area contributed by atoms with Gasteiger partial charge in [-0.3, -0.25) is 14.6 Å². The van der Waals surface area contributed by atoms with Crippen molar-refractivity contribution < 1.29 is 18.4 Å². The van der Waals surface area contributed by atoms with Crippen molar-refractivity contribution >= 4 is 28.3 Å². The molecule has 0 radical (unpaired) electrons. The first-order valence-electron chi connectivity index (χ1n) is 9.18. The first-order chi connectivity index (χ1) is 13.6. The number of fused-ring (bicyclic) bond motifs is 1. The number of halogens is 1. The minimum atomic E-state index is -0.545. The van der Waals surface area contributed by atoms with Crippen molar-refractivity contribution in [2.45, 2.75) is 25.9 Å². The molecule has 1 fully saturated rings. The zero-order chi connectivity index (χ0) is 19.5. The average molecular weight is 384 g/mol. The van der Waals surface area contributed by atoms with Crippen LogP contribution in [0.2, 0.25) is 0 Å². The molecule has 1 saturated heterocycles. The highest BCUT2D eigenvalue weighted by molar-refractivity contribution is 6.06. The number of nitrogens with zero attached hydrogens (tertiary/aromatic N) is 1. The van der Waals surface area contributed by atoms with E-state index in [1.807, 2.05) is 0 Å². The number of carbonyl (C=O) groups is 1. The first-order valence-corrected chi connectivity index (χ1v) is 9.18. The normalized spacial score (nSPS) is 16.9. The van der Waals surface area contributed by atoms with E-state index >= 15 is 0 Å². The summed E-state index contributed by atoms with van der Waals surface area (Å²) in [4.78, 5) is 22.3. The van der Waals surface area contributed by atoms with E-state index in [0.29, 0.717) is 23.2 Å². The molecular formula is C20H21FN4O3. The van der Waals surface area contributed by atoms with Crippen LogP contribution in [0.4, 0.5) is 15.8 Å². The molecule has 3 N–H and O–H groups in total. The largest absolute Gasteiger partial charge is 0.448 e. The van der Waals surface area contributed by atoms with Crippen LogP contribution in [0.3, 0.4) is 0 Å². The maximum absolute atomic E-state index is 14.3. The summed E-state index contributed by atoms with van der Waals surface area (Å²) < 4.78 is 20.0. The summed E-state index contributed by atoms with van der Waals surface area (Å²) in [7, 11) is 0. The number of hydrogen-bond donors (Lipinski definition) is 3. The van der Waals surface area contributed by atoms with E-state index < -0.39 is 11.7 Å². The lowest BCUT2D eigenvalue weighted by molar-refractivity contribution is -0.0261. The van der Waals surface area contributed by atoms with E-state index in [0.717, 1.165) is 24.9 Å². The molecule has 4 rings (SSSR count). The van der Waals surface area contributed by atoms with Gasteiger partial charge in [-0.2, -0.15) is 0 Å². The number of anilines is 2. The molecule has 0 spiro atoms. The molecule has 2 aromatic heterocycles. The van der Waals surface area contributed by atoms with Crippen molar-refractivity contribution in [3.63, 3.8) is 0 Å². The fourth-order valence-corrected chi connectivity index (χ4v) is 3.19. The number of aryl methyl sites for hydroxylation is 1. The van der Waals surface area contributed by atoms with Crippen LogP contribution in [0.1, 0.15) is 29.0 Å². The van der Waals surface area contributed by atoms with Crippen LogP contribution >= 0.6 is 0 Å². The maximum Gasteiger partial charge on any atom is 0.312 e. The van der Waals surface area contributed by atoms with Gasteiger partial charge in [-0.1, -0.05) is 6.07 Å². The Hall–Kier alpha value is -2.97. The molecule has 1 amide bonds. The predicted octanol–water partition coefficient (Wildman–Crippen LogP) is 3.43. The number of aromatic nitrogens is 1. The lowest BCUT2D eigenvalue weighted by Gasteiger charge is -2.22. The molecule has 1 aliphatic heterocycles. The maximum atomic E-state index is 14.3. The van der Waals surface area contributed by atoms with Crippen LogP contribution in [0.15, 0.2) is 41.1 Å². The van der Waals surface area contributed by atoms with Crippen molar-refractivity contribution in [3.05, 3.63) is 53.8 Å². The van der Waals surface area contributed by atoms with Crippen LogP contribution in [-0.4, -0.2) is 30.1 Å². The molecule has 1 atom stereocenters. The number of rotatable bonds is 5. The van der Waals surface area contributed by atoms with Crippen molar-refractivity contribution in [3.8, 4) is 0 Å². The molecule has 28 heavy (non-hydrogen) atoms. The van der Waals surface area contributed by atoms with Gasteiger partial charge in [0.2, 0.25) is 5.76 Å². The monoisotopic (exact) mass is 384 g/mol. The third-order valence-electron chi connectivity index (χ3n) is 4.65. The Morgan fingerprint density at radius 1 is 1.39 bits per heavy atom. The minimum Gasteiger partial charge on any atom is -0.448 e. The van der Waals surface area contributed by atoms with E-state index in [1.54, 1.807) is 37.5 Å². The zero-order valence-electron chi connectivity index (χ0n) is 15.4. The molecule has 8 heteroatoms. The summed E-state index contributed by atoms with van der Waals surface area (Å²) in [6, 6.07) is 6.47. The van der Waals surface area contributed by atoms with E-state index in [2.05, 4.69) is 21.1 Å². The number of carbonyl (C=O) groups excluding carboxylic acids is 1. The molecule has 1 unspecified atom stereocenters. The molecule has 1 aliphatic rings. The summed E-state index contributed by atoms with van der Waals surface area (Å²) in [5.74, 6) is -0.960. The van der Waals surface area contributed by atoms with Gasteiger partial charge in [0.1, 0.15) is 17.1 Å². The highest BCUT2D eigenvalue weighted by Gasteiger charge is 2.23. The Labute approximate surface area is 161 Å². The van der Waals surface area contributed by atoms with Gasteiger partial charge in [-0.25, -0.2) is 9.87 Å². The van der Waals surface area contributed by atoms with Gasteiger partial charge in [0.05, 0.1) is 17.2 Å². The topological polar surface area (TPSA) is 88.4 Å². The lowest BCUT2D eigenvalue weighted by Crippen LogP contribution is -2.40. The number of amides is 1. The number of furan rings is 1. The highest BCUT2D eigenvalue weighted by atomic mass is 19.1. The molecule has 0 saturated carbocycles. The van der Waals surface area contributed by atoms with Crippen LogP contribution in [0.5, 0.6) is 0 Å². The summed E-state index contributed by atoms with van der Waals surface area (Å²) >= 11 is 0. The average Bonchev–Trinajstić information content (AvgIpc) is 3.08. The Bertz CT molecular complexity index is 998. The first kappa shape index (κ1) is 18.4. The summed E-state index contributed by atoms with van der Waals surface area (Å²) in [6.07, 6.45) is 4.87. The van der Waals surface area contributed by atoms with Crippen LogP contribution in [0.25, 0.3) is 11.0 Å². The van der Waals surface area contributed by atoms with Crippen molar-refractivity contribution in [2.75, 3.05) is 18.4 Å². The molecule has 7 nitrogen and oxygen atoms in total. The molecule has 3 aromatic rings. The second kappa shape index (κ2) is 7.95. The molecule has 3 heterocycles. The fraction of sp³-hybridized carbons (Fsp3) is 0.300. The van der Waals surface area contributed by atoms with E-state index in [4.69, 9.17) is 9.25 Å². The lowest BCUT2D eigenvalue weighted by atomic mass is 10.1. The van der Waals surface area contributed by atoms with E-state index in [9.17, 15) is 9.18 Å². The van der Waals surface area contributed by atoms with Crippen molar-refractivity contribution in [2.24, 2.45) is 0 Å². The minimum absolute atomic E-state index is 0.00624. The van der Waals surface area contributed by atoms with Gasteiger partial charge in [0, 0.05) is 18.9 Å². The summed E-state index contributed by atoms with van der Waals surface area (Å²) in [5, 5.41) is 6.76. The fourth-order valence-electron chi connectivity index (χ4n) is 3.19. The van der Waals surface area contributed by atoms with Gasteiger partial charge in [0.25, 0.3) is 0 Å². The van der Waals surface area contributed by atoms with Crippen LogP contribution < -0.4 is 16.1 Å². The zero-order valence-corrected chi connectivity index (χ0v) is 15.4. The number of piperidine rings is 1. The summed E-state index contributed by atoms with van der Waals surface area (Å²) in [5.41, 5.74) is 4.30. The molecule has 146 valence electrons. The number of benzene rings is 1. The Morgan fingerprint density at radius 3 is 3.07 bits per heavy atom. The molecular weight excluding hydrogens is 363 g/mol. The van der Waals surface area contributed by atoms with E-state index in [-0.39, 0.29) is 17.6 Å². The van der Waals surface area contributed by atoms with Gasteiger partial charge in [0.15, 0.2) is 0 Å². The standard InChI is InChI=1S/C20H21FN4O3/c1-12-4-5-16(15(21)9-12)24-18-14-11-23-8-6-17(14)27-19(18)20(26)25-28-13-3-2-7-22-10-13/h4-6,8-9,11,13,22,24H,2-3,7,10H2,1H3,(H,25,26). The Morgan fingerprint density at radius 2 is 2.29 bits per heavy atom. The SMILES string of the molecule is Cc1ccc(Nc2c(C(=O)NOC3CCCNC3)oc3ccncc23)c(F)c1. The van der Waals surface area contributed by atoms with Crippen molar-refractivity contribution in [1.82, 2.24) is 15.8 Å². The van der Waals surface area contributed by atoms with Gasteiger partial charge in [-0.15, -0.1) is 0 Å². The quantitative estimate of drug-likeness (QED) is 0.584. The third kappa shape index (κ3) is 3.83. The van der Waals surface area contributed by atoms with Crippen LogP contribution in [-0.2, 0) is 4.84 Å². The smallest absolute Gasteiger partial charge is 0.312 e. The van der Waals surface area contributed by atoms with E-state index in [1.165, 1.54) is 6.07 Å². The number of hydroxylamine groups is 1. The highest BCUT2D eigenvalue weighted by Crippen LogP contribution is 2.33. The number of pyridine rings is 1. The number of nitrogens with one attached hydrogen (secondary N) is 3. The van der Waals surface area contributed by atoms with Crippen LogP contribution in [0, 0.1) is 12.7 Å².